The molecule has 0 spiro atoms. The summed E-state index contributed by atoms with van der Waals surface area (Å²) < 4.78 is 19.1. The van der Waals surface area contributed by atoms with Gasteiger partial charge >= 0.3 is 5.97 Å². The van der Waals surface area contributed by atoms with Gasteiger partial charge in [0.1, 0.15) is 0 Å². The molecule has 0 radical (unpaired) electrons. The number of carbonyl (C=O) groups is 1. The van der Waals surface area contributed by atoms with Crippen molar-refractivity contribution in [1.82, 2.24) is 0 Å². The largest absolute Gasteiger partial charge is 0.490 e. The number of allylic oxidation sites excluding steroid dienone is 1. The molecule has 0 unspecified atom stereocenters. The van der Waals surface area contributed by atoms with Crippen LogP contribution in [0.1, 0.15) is 12.0 Å². The number of para-hydroxylation sites is 1. The molecule has 2 rings (SSSR count). The van der Waals surface area contributed by atoms with Crippen LogP contribution in [0.2, 0.25) is 0 Å². The Kier molecular flexibility index (Phi) is 3.65. The Morgan fingerprint density at radius 1 is 1.61 bits per heavy atom. The van der Waals surface area contributed by atoms with Gasteiger partial charge in [0.2, 0.25) is 0 Å². The van der Waals surface area contributed by atoms with Crippen LogP contribution in [0.25, 0.3) is 0 Å². The first-order valence-electron chi connectivity index (χ1n) is 5.87. The fourth-order valence-electron chi connectivity index (χ4n) is 1.96. The van der Waals surface area contributed by atoms with E-state index in [9.17, 15) is 9.18 Å². The molecular weight excluding hydrogens is 235 g/mol. The molecule has 0 saturated heterocycles. The second kappa shape index (κ2) is 5.21. The molecular formula is C14H15FO3. The van der Waals surface area contributed by atoms with Gasteiger partial charge in [0.15, 0.2) is 11.6 Å². The minimum absolute atomic E-state index is 0.00122. The van der Waals surface area contributed by atoms with Crippen molar-refractivity contribution < 1.29 is 19.0 Å². The predicted molar refractivity (Wildman–Crippen MR) is 65.0 cm³/mol. The van der Waals surface area contributed by atoms with E-state index in [1.165, 1.54) is 6.07 Å². The van der Waals surface area contributed by atoms with Gasteiger partial charge in [-0.2, -0.15) is 0 Å². The SMILES string of the molecule is C=CCc1cccc(F)c1OC[C@@H]1C[C@H]1C(=O)O. The van der Waals surface area contributed by atoms with E-state index >= 15 is 0 Å². The molecule has 1 aromatic carbocycles. The fourth-order valence-corrected chi connectivity index (χ4v) is 1.96. The number of rotatable bonds is 6. The van der Waals surface area contributed by atoms with Crippen molar-refractivity contribution in [3.8, 4) is 5.75 Å². The normalized spacial score (nSPS) is 21.4. The van der Waals surface area contributed by atoms with Crippen molar-refractivity contribution in [3.05, 3.63) is 42.2 Å². The smallest absolute Gasteiger partial charge is 0.306 e. The zero-order valence-corrected chi connectivity index (χ0v) is 9.93. The van der Waals surface area contributed by atoms with Crippen molar-refractivity contribution in [2.45, 2.75) is 12.8 Å². The third-order valence-corrected chi connectivity index (χ3v) is 3.09. The summed E-state index contributed by atoms with van der Waals surface area (Å²) in [5, 5.41) is 8.77. The lowest BCUT2D eigenvalue weighted by atomic mass is 10.1. The molecule has 1 N–H and O–H groups in total. The Morgan fingerprint density at radius 2 is 2.39 bits per heavy atom. The van der Waals surface area contributed by atoms with E-state index in [-0.39, 0.29) is 24.2 Å². The van der Waals surface area contributed by atoms with Gasteiger partial charge in [-0.25, -0.2) is 4.39 Å². The van der Waals surface area contributed by atoms with Crippen LogP contribution in [0, 0.1) is 17.7 Å². The minimum Gasteiger partial charge on any atom is -0.490 e. The number of hydrogen-bond acceptors (Lipinski definition) is 2. The van der Waals surface area contributed by atoms with Crippen LogP contribution < -0.4 is 4.74 Å². The Labute approximate surface area is 105 Å². The van der Waals surface area contributed by atoms with Crippen molar-refractivity contribution in [2.75, 3.05) is 6.61 Å². The van der Waals surface area contributed by atoms with Crippen LogP contribution >= 0.6 is 0 Å². The Hall–Kier alpha value is -1.84. The number of hydrogen-bond donors (Lipinski definition) is 1. The van der Waals surface area contributed by atoms with Crippen LogP contribution in [0.15, 0.2) is 30.9 Å². The summed E-state index contributed by atoms with van der Waals surface area (Å²) in [6.07, 6.45) is 2.82. The number of halogens is 1. The zero-order valence-electron chi connectivity index (χ0n) is 9.93. The summed E-state index contributed by atoms with van der Waals surface area (Å²) in [6, 6.07) is 4.74. The van der Waals surface area contributed by atoms with E-state index in [2.05, 4.69) is 6.58 Å². The molecule has 96 valence electrons. The molecule has 1 aromatic rings. The van der Waals surface area contributed by atoms with E-state index in [1.54, 1.807) is 18.2 Å². The highest BCUT2D eigenvalue weighted by Gasteiger charge is 2.43. The maximum Gasteiger partial charge on any atom is 0.306 e. The summed E-state index contributed by atoms with van der Waals surface area (Å²) in [5.41, 5.74) is 0.734. The molecule has 1 aliphatic carbocycles. The van der Waals surface area contributed by atoms with Crippen LogP contribution in [0.5, 0.6) is 5.75 Å². The van der Waals surface area contributed by atoms with Crippen LogP contribution in [-0.4, -0.2) is 17.7 Å². The van der Waals surface area contributed by atoms with Gasteiger partial charge in [0.25, 0.3) is 0 Å². The van der Waals surface area contributed by atoms with Gasteiger partial charge < -0.3 is 9.84 Å². The Bertz CT molecular complexity index is 470. The van der Waals surface area contributed by atoms with Crippen LogP contribution in [0.3, 0.4) is 0 Å². The Balaban J connectivity index is 2.00. The summed E-state index contributed by atoms with van der Waals surface area (Å²) in [7, 11) is 0. The number of aliphatic carboxylic acids is 1. The molecule has 0 aromatic heterocycles. The summed E-state index contributed by atoms with van der Waals surface area (Å²) in [6.45, 7) is 3.87. The lowest BCUT2D eigenvalue weighted by molar-refractivity contribution is -0.138. The van der Waals surface area contributed by atoms with Crippen molar-refractivity contribution in [3.63, 3.8) is 0 Å². The first-order chi connectivity index (χ1) is 8.63. The van der Waals surface area contributed by atoms with Crippen molar-refractivity contribution in [1.29, 1.82) is 0 Å². The standard InChI is InChI=1S/C14H15FO3/c1-2-4-9-5-3-6-12(15)13(9)18-8-10-7-11(10)14(16)17/h2-3,5-6,10-11H,1,4,7-8H2,(H,16,17)/t10-,11+/m0/s1. The van der Waals surface area contributed by atoms with E-state index < -0.39 is 11.8 Å². The molecule has 4 heteroatoms. The molecule has 0 aliphatic heterocycles. The maximum absolute atomic E-state index is 13.6. The number of carboxylic acids is 1. The molecule has 0 bridgehead atoms. The lowest BCUT2D eigenvalue weighted by Gasteiger charge is -2.11. The second-order valence-electron chi connectivity index (χ2n) is 4.47. The number of benzene rings is 1. The van der Waals surface area contributed by atoms with Gasteiger partial charge in [-0.1, -0.05) is 18.2 Å². The molecule has 1 aliphatic rings. The summed E-state index contributed by atoms with van der Waals surface area (Å²) >= 11 is 0. The second-order valence-corrected chi connectivity index (χ2v) is 4.47. The molecule has 2 atom stereocenters. The molecule has 1 fully saturated rings. The summed E-state index contributed by atoms with van der Waals surface area (Å²) in [4.78, 5) is 10.7. The number of ether oxygens (including phenoxy) is 1. The third kappa shape index (κ3) is 2.70. The van der Waals surface area contributed by atoms with Crippen LogP contribution in [-0.2, 0) is 11.2 Å². The molecule has 0 amide bonds. The molecule has 1 saturated carbocycles. The van der Waals surface area contributed by atoms with E-state index in [0.29, 0.717) is 12.8 Å². The topological polar surface area (TPSA) is 46.5 Å². The Morgan fingerprint density at radius 3 is 3.00 bits per heavy atom. The number of carboxylic acid groups (broad SMARTS) is 1. The maximum atomic E-state index is 13.6. The van der Waals surface area contributed by atoms with E-state index in [0.717, 1.165) is 5.56 Å². The average molecular weight is 250 g/mol. The van der Waals surface area contributed by atoms with Gasteiger partial charge in [-0.05, 0) is 18.9 Å². The quantitative estimate of drug-likeness (QED) is 0.789. The van der Waals surface area contributed by atoms with Gasteiger partial charge in [0, 0.05) is 11.5 Å². The highest BCUT2D eigenvalue weighted by atomic mass is 19.1. The highest BCUT2D eigenvalue weighted by Crippen LogP contribution is 2.39. The third-order valence-electron chi connectivity index (χ3n) is 3.09. The van der Waals surface area contributed by atoms with Gasteiger partial charge in [-0.15, -0.1) is 6.58 Å². The van der Waals surface area contributed by atoms with E-state index in [4.69, 9.17) is 9.84 Å². The van der Waals surface area contributed by atoms with Crippen LogP contribution in [0.4, 0.5) is 4.39 Å². The monoisotopic (exact) mass is 250 g/mol. The molecule has 0 heterocycles. The molecule has 18 heavy (non-hydrogen) atoms. The van der Waals surface area contributed by atoms with Gasteiger partial charge in [-0.3, -0.25) is 4.79 Å². The summed E-state index contributed by atoms with van der Waals surface area (Å²) in [5.74, 6) is -1.34. The van der Waals surface area contributed by atoms with Gasteiger partial charge in [0.05, 0.1) is 12.5 Å². The van der Waals surface area contributed by atoms with Crippen molar-refractivity contribution in [2.24, 2.45) is 11.8 Å². The first kappa shape index (κ1) is 12.6. The first-order valence-corrected chi connectivity index (χ1v) is 5.87. The lowest BCUT2D eigenvalue weighted by Crippen LogP contribution is -2.08. The highest BCUT2D eigenvalue weighted by molar-refractivity contribution is 5.73. The van der Waals surface area contributed by atoms with E-state index in [1.807, 2.05) is 0 Å². The molecule has 3 nitrogen and oxygen atoms in total. The zero-order chi connectivity index (χ0) is 13.1. The van der Waals surface area contributed by atoms with Crippen molar-refractivity contribution >= 4 is 5.97 Å². The predicted octanol–water partition coefficient (Wildman–Crippen LogP) is 2.65. The minimum atomic E-state index is -0.802. The fraction of sp³-hybridized carbons (Fsp3) is 0.357. The average Bonchev–Trinajstić information content (AvgIpc) is 3.08.